The summed E-state index contributed by atoms with van der Waals surface area (Å²) >= 11 is 0. The van der Waals surface area contributed by atoms with Crippen molar-refractivity contribution in [3.8, 4) is 0 Å². The smallest absolute Gasteiger partial charge is 0.264 e. The van der Waals surface area contributed by atoms with Gasteiger partial charge in [0.15, 0.2) is 0 Å². The Kier molecular flexibility index (Phi) is 2.23. The number of nitrogens with zero attached hydrogens (tertiary/aromatic N) is 1. The van der Waals surface area contributed by atoms with Gasteiger partial charge in [-0.1, -0.05) is 0 Å². The Morgan fingerprint density at radius 1 is 1.15 bits per heavy atom. The lowest BCUT2D eigenvalue weighted by atomic mass is 10.1. The molecule has 0 bridgehead atoms. The molecule has 1 aromatic heterocycles. The third-order valence-corrected chi connectivity index (χ3v) is 1.32. The van der Waals surface area contributed by atoms with Crippen LogP contribution in [-0.2, 0) is 5.92 Å². The van der Waals surface area contributed by atoms with Gasteiger partial charge in [0.1, 0.15) is 0 Å². The average molecular weight is 196 g/mol. The van der Waals surface area contributed by atoms with E-state index in [0.29, 0.717) is 6.07 Å². The normalized spacial score (nSPS) is 13.0. The van der Waals surface area contributed by atoms with E-state index >= 15 is 0 Å². The first-order valence-corrected chi connectivity index (χ1v) is 3.12. The fourth-order valence-electron chi connectivity index (χ4n) is 0.664. The number of pyridine rings is 1. The largest absolute Gasteiger partial charge is 0.458 e. The van der Waals surface area contributed by atoms with Crippen LogP contribution in [0.15, 0.2) is 18.5 Å². The lowest BCUT2D eigenvalue weighted by molar-refractivity contribution is -0.289. The maximum atomic E-state index is 12.5. The maximum absolute atomic E-state index is 12.5. The van der Waals surface area contributed by atoms with Crippen molar-refractivity contribution in [2.45, 2.75) is 12.1 Å². The van der Waals surface area contributed by atoms with Crippen LogP contribution in [0.1, 0.15) is 5.56 Å². The van der Waals surface area contributed by atoms with E-state index < -0.39 is 17.7 Å². The highest BCUT2D eigenvalue weighted by molar-refractivity contribution is 5.16. The molecule has 0 aliphatic rings. The zero-order valence-electron chi connectivity index (χ0n) is 6.07. The molecule has 0 atom stereocenters. The predicted octanol–water partition coefficient (Wildman–Crippen LogP) is 2.54. The standard InChI is InChI=1S/C7H3F5N/c8-6(9,7(10,11)12)5-1-3-13-4-2-5/h1,3-4H. The van der Waals surface area contributed by atoms with Gasteiger partial charge < -0.3 is 0 Å². The molecule has 71 valence electrons. The van der Waals surface area contributed by atoms with Crippen molar-refractivity contribution in [3.63, 3.8) is 0 Å². The van der Waals surface area contributed by atoms with Crippen molar-refractivity contribution >= 4 is 0 Å². The molecular weight excluding hydrogens is 193 g/mol. The van der Waals surface area contributed by atoms with Gasteiger partial charge in [0.2, 0.25) is 0 Å². The monoisotopic (exact) mass is 196 g/mol. The predicted molar refractivity (Wildman–Crippen MR) is 33.0 cm³/mol. The van der Waals surface area contributed by atoms with Gasteiger partial charge in [-0.25, -0.2) is 0 Å². The van der Waals surface area contributed by atoms with Crippen LogP contribution >= 0.6 is 0 Å². The van der Waals surface area contributed by atoms with Crippen molar-refractivity contribution in [3.05, 3.63) is 30.1 Å². The summed E-state index contributed by atoms with van der Waals surface area (Å²) < 4.78 is 60.1. The molecule has 0 N–H and O–H groups in total. The Labute approximate surface area is 70.2 Å². The molecule has 0 aromatic carbocycles. The van der Waals surface area contributed by atoms with Crippen molar-refractivity contribution in [2.75, 3.05) is 0 Å². The van der Waals surface area contributed by atoms with Crippen molar-refractivity contribution in [2.24, 2.45) is 0 Å². The highest BCUT2D eigenvalue weighted by Gasteiger charge is 2.58. The zero-order chi connectivity index (χ0) is 10.1. The van der Waals surface area contributed by atoms with Crippen LogP contribution < -0.4 is 0 Å². The fraction of sp³-hybridized carbons (Fsp3) is 0.286. The lowest BCUT2D eigenvalue weighted by Crippen LogP contribution is -2.33. The Morgan fingerprint density at radius 2 is 1.77 bits per heavy atom. The van der Waals surface area contributed by atoms with Crippen LogP contribution in [0.2, 0.25) is 0 Å². The van der Waals surface area contributed by atoms with Crippen LogP contribution in [0.5, 0.6) is 0 Å². The molecule has 0 unspecified atom stereocenters. The van der Waals surface area contributed by atoms with Gasteiger partial charge in [0.05, 0.1) is 0 Å². The lowest BCUT2D eigenvalue weighted by Gasteiger charge is -2.18. The molecule has 1 aromatic rings. The number of aromatic nitrogens is 1. The minimum atomic E-state index is -5.59. The molecule has 0 saturated heterocycles. The zero-order valence-corrected chi connectivity index (χ0v) is 6.07. The van der Waals surface area contributed by atoms with Gasteiger partial charge in [-0.05, 0) is 6.07 Å². The van der Waals surface area contributed by atoms with E-state index in [1.165, 1.54) is 0 Å². The summed E-state index contributed by atoms with van der Waals surface area (Å²) in [6.07, 6.45) is -3.98. The number of hydrogen-bond acceptors (Lipinski definition) is 1. The minimum Gasteiger partial charge on any atom is -0.264 e. The second kappa shape index (κ2) is 2.93. The highest BCUT2D eigenvalue weighted by Crippen LogP contribution is 2.43. The van der Waals surface area contributed by atoms with E-state index in [1.807, 2.05) is 0 Å². The van der Waals surface area contributed by atoms with E-state index in [1.54, 1.807) is 6.07 Å². The summed E-state index contributed by atoms with van der Waals surface area (Å²) in [5, 5.41) is 0. The summed E-state index contributed by atoms with van der Waals surface area (Å²) in [7, 11) is 0. The molecule has 1 heterocycles. The van der Waals surface area contributed by atoms with Gasteiger partial charge in [-0.15, -0.1) is 0 Å². The van der Waals surface area contributed by atoms with Crippen molar-refractivity contribution < 1.29 is 22.0 Å². The van der Waals surface area contributed by atoms with Crippen LogP contribution in [0, 0.1) is 6.07 Å². The van der Waals surface area contributed by atoms with Crippen LogP contribution in [0.25, 0.3) is 0 Å². The van der Waals surface area contributed by atoms with Gasteiger partial charge in [-0.2, -0.15) is 22.0 Å². The Morgan fingerprint density at radius 3 is 2.15 bits per heavy atom. The second-order valence-corrected chi connectivity index (χ2v) is 2.22. The molecule has 1 radical (unpaired) electrons. The van der Waals surface area contributed by atoms with Crippen molar-refractivity contribution in [1.29, 1.82) is 0 Å². The summed E-state index contributed by atoms with van der Waals surface area (Å²) in [6.45, 7) is 0. The molecule has 0 spiro atoms. The van der Waals surface area contributed by atoms with Crippen LogP contribution in [-0.4, -0.2) is 11.2 Å². The highest BCUT2D eigenvalue weighted by atomic mass is 19.4. The van der Waals surface area contributed by atoms with Gasteiger partial charge in [-0.3, -0.25) is 4.98 Å². The first-order chi connectivity index (χ1) is 5.86. The first kappa shape index (κ1) is 9.88. The third-order valence-electron chi connectivity index (χ3n) is 1.32. The molecule has 0 aliphatic heterocycles. The Balaban J connectivity index is 3.08. The number of alkyl halides is 5. The molecule has 0 aliphatic carbocycles. The maximum Gasteiger partial charge on any atom is 0.458 e. The van der Waals surface area contributed by atoms with Crippen LogP contribution in [0.3, 0.4) is 0 Å². The summed E-state index contributed by atoms with van der Waals surface area (Å²) in [6, 6.07) is 2.31. The minimum absolute atomic E-state index is 0.577. The van der Waals surface area contributed by atoms with E-state index in [-0.39, 0.29) is 0 Å². The Bertz CT molecular complexity index is 279. The fourth-order valence-corrected chi connectivity index (χ4v) is 0.664. The topological polar surface area (TPSA) is 12.9 Å². The van der Waals surface area contributed by atoms with Crippen molar-refractivity contribution in [1.82, 2.24) is 4.98 Å². The summed E-state index contributed by atoms with van der Waals surface area (Å²) in [5.41, 5.74) is -1.23. The quantitative estimate of drug-likeness (QED) is 0.629. The molecular formula is C7H3F5N. The van der Waals surface area contributed by atoms with E-state index in [0.717, 1.165) is 12.4 Å². The van der Waals surface area contributed by atoms with Gasteiger partial charge >= 0.3 is 12.1 Å². The SMILES string of the molecule is FC(F)(F)C(F)(F)c1[c]cncc1. The van der Waals surface area contributed by atoms with Gasteiger partial charge in [0, 0.05) is 24.0 Å². The van der Waals surface area contributed by atoms with E-state index in [2.05, 4.69) is 4.98 Å². The molecule has 0 saturated carbocycles. The van der Waals surface area contributed by atoms with E-state index in [9.17, 15) is 22.0 Å². The van der Waals surface area contributed by atoms with Gasteiger partial charge in [0.25, 0.3) is 0 Å². The second-order valence-electron chi connectivity index (χ2n) is 2.22. The number of hydrogen-bond donors (Lipinski definition) is 0. The molecule has 1 nitrogen and oxygen atoms in total. The molecule has 13 heavy (non-hydrogen) atoms. The molecule has 1 rings (SSSR count). The molecule has 0 amide bonds. The molecule has 6 heteroatoms. The van der Waals surface area contributed by atoms with Crippen LogP contribution in [0.4, 0.5) is 22.0 Å². The number of rotatable bonds is 1. The summed E-state index contributed by atoms with van der Waals surface area (Å²) in [4.78, 5) is 3.28. The first-order valence-electron chi connectivity index (χ1n) is 3.12. The third kappa shape index (κ3) is 1.76. The van der Waals surface area contributed by atoms with E-state index in [4.69, 9.17) is 0 Å². The summed E-state index contributed by atoms with van der Waals surface area (Å²) in [5.74, 6) is -4.87. The average Bonchev–Trinajstić information content (AvgIpc) is 2.04. The molecule has 0 fully saturated rings. The number of halogens is 5. The Hall–Kier alpha value is -1.20.